The maximum absolute atomic E-state index is 9.62. The normalized spacial score (nSPS) is 11.6. The van der Waals surface area contributed by atoms with E-state index < -0.39 is 18.2 Å². The first-order chi connectivity index (χ1) is 2.45. The maximum atomic E-state index is 8.66. The molecule has 0 aliphatic carbocycles. The molecule has 0 atom stereocenters. The summed E-state index contributed by atoms with van der Waals surface area (Å²) in [6.07, 6.45) is 0. The Balaban J connectivity index is -0.00000000857. The zero-order chi connectivity index (χ0) is 6.41. The molecule has 0 bridgehead atoms. The second kappa shape index (κ2) is 16.4. The number of halogens is 1. The molecule has 0 saturated heterocycles. The minimum absolute atomic E-state index is 0. The van der Waals surface area contributed by atoms with Crippen molar-refractivity contribution in [1.29, 1.82) is 0 Å². The van der Waals surface area contributed by atoms with E-state index in [0.717, 1.165) is 0 Å². The number of hydrogen-bond acceptors (Lipinski definition) is 6. The molecule has 0 spiro atoms. The van der Waals surface area contributed by atoms with E-state index in [9.17, 15) is 0 Å². The minimum atomic E-state index is -9.62. The average Bonchev–Trinajstić information content (AvgIpc) is 0.592. The van der Waals surface area contributed by atoms with Crippen LogP contribution in [0.3, 0.4) is 0 Å². The van der Waals surface area contributed by atoms with E-state index in [1.54, 1.807) is 0 Å². The van der Waals surface area contributed by atoms with Crippen LogP contribution in [0.4, 0.5) is 0 Å². The SMILES string of the molecule is O.O.[K+].[K+].[K+].[K+].[K+].[O-][I+]([O-])([O-])([O-])([O-])[O-]. The van der Waals surface area contributed by atoms with Gasteiger partial charge in [0.25, 0.3) is 0 Å². The Morgan fingerprint density at radius 3 is 0.429 bits per heavy atom. The predicted octanol–water partition coefficient (Wildman–Crippen LogP) is -26.8. The van der Waals surface area contributed by atoms with Gasteiger partial charge in [-0.15, -0.1) is 0 Å². The molecule has 0 rings (SSSR count). The van der Waals surface area contributed by atoms with Crippen molar-refractivity contribution in [3.63, 3.8) is 0 Å². The summed E-state index contributed by atoms with van der Waals surface area (Å²) < 4.78 is 52.0. The summed E-state index contributed by atoms with van der Waals surface area (Å²) in [5.74, 6) is 0. The van der Waals surface area contributed by atoms with E-state index >= 15 is 0 Å². The molecule has 14 heteroatoms. The molecule has 0 heterocycles. The molecule has 0 aliphatic heterocycles. The molecule has 0 aliphatic rings. The van der Waals surface area contributed by atoms with Gasteiger partial charge in [0, 0.05) is 0 Å². The van der Waals surface area contributed by atoms with Gasteiger partial charge in [-0.25, -0.2) is 0 Å². The van der Waals surface area contributed by atoms with Crippen LogP contribution < -0.4 is 296 Å². The van der Waals surface area contributed by atoms with Crippen LogP contribution in [0.1, 0.15) is 0 Å². The molecule has 14 heavy (non-hydrogen) atoms. The average molecular weight is 454 g/mol. The predicted molar refractivity (Wildman–Crippen MR) is 7.23 cm³/mol. The fourth-order valence-electron chi connectivity index (χ4n) is 0. The van der Waals surface area contributed by atoms with Crippen LogP contribution in [-0.4, -0.2) is 11.0 Å². The Hall–Kier alpha value is 8.59. The summed E-state index contributed by atoms with van der Waals surface area (Å²) >= 11 is -9.62. The van der Waals surface area contributed by atoms with Gasteiger partial charge >= 0.3 is 296 Å². The van der Waals surface area contributed by atoms with E-state index in [2.05, 4.69) is 0 Å². The summed E-state index contributed by atoms with van der Waals surface area (Å²) in [6.45, 7) is 0. The van der Waals surface area contributed by atoms with Crippen molar-refractivity contribution >= 4 is 0 Å². The van der Waals surface area contributed by atoms with Gasteiger partial charge in [-0.1, -0.05) is 0 Å². The van der Waals surface area contributed by atoms with Gasteiger partial charge in [0.05, 0.1) is 0 Å². The molecule has 8 nitrogen and oxygen atoms in total. The standard InChI is InChI=1S/IO6.5K.2H2O/c2-1(3,4,5,6)7;;;;;;;/h;;;;;;2*1H2/q-5;5*+1;;. The van der Waals surface area contributed by atoms with Gasteiger partial charge in [0.15, 0.2) is 0 Å². The van der Waals surface area contributed by atoms with Crippen molar-refractivity contribution in [1.82, 2.24) is 0 Å². The summed E-state index contributed by atoms with van der Waals surface area (Å²) in [7, 11) is 0. The molecule has 0 aromatic carbocycles. The fraction of sp³-hybridized carbons (Fsp3) is 0. The Morgan fingerprint density at radius 1 is 0.429 bits per heavy atom. The zero-order valence-corrected chi connectivity index (χ0v) is 26.6. The molecule has 0 saturated carbocycles. The van der Waals surface area contributed by atoms with Gasteiger partial charge in [0.1, 0.15) is 0 Å². The van der Waals surface area contributed by atoms with Crippen LogP contribution in [-0.2, 0) is 0 Å². The fourth-order valence-corrected chi connectivity index (χ4v) is 0. The first kappa shape index (κ1) is 49.5. The third-order valence-corrected chi connectivity index (χ3v) is 0. The van der Waals surface area contributed by atoms with Gasteiger partial charge < -0.3 is 11.0 Å². The van der Waals surface area contributed by atoms with Crippen LogP contribution in [0.25, 0.3) is 0 Å². The third kappa shape index (κ3) is 107. The molecule has 64 valence electrons. The van der Waals surface area contributed by atoms with Gasteiger partial charge in [-0.05, 0) is 0 Å². The van der Waals surface area contributed by atoms with Gasteiger partial charge in [0.2, 0.25) is 0 Å². The molecule has 0 unspecified atom stereocenters. The molecule has 0 radical (unpaired) electrons. The quantitative estimate of drug-likeness (QED) is 0.257. The van der Waals surface area contributed by atoms with Crippen molar-refractivity contribution < 1.29 is 307 Å². The van der Waals surface area contributed by atoms with E-state index in [4.69, 9.17) is 20.6 Å². The molecule has 0 aromatic heterocycles. The second-order valence-corrected chi connectivity index (χ2v) is 6.34. The molecule has 0 aromatic rings. The van der Waals surface area contributed by atoms with Crippen LogP contribution in [0.2, 0.25) is 0 Å². The van der Waals surface area contributed by atoms with Crippen LogP contribution in [0.5, 0.6) is 0 Å². The molecule has 0 amide bonds. The van der Waals surface area contributed by atoms with Crippen LogP contribution >= 0.6 is 0 Å². The number of rotatable bonds is 0. The summed E-state index contributed by atoms with van der Waals surface area (Å²) in [5.41, 5.74) is 0. The second-order valence-electron chi connectivity index (χ2n) is 0.945. The monoisotopic (exact) mass is 454 g/mol. The van der Waals surface area contributed by atoms with E-state index in [1.165, 1.54) is 0 Å². The first-order valence-electron chi connectivity index (χ1n) is 0.926. The summed E-state index contributed by atoms with van der Waals surface area (Å²) in [6, 6.07) is 0. The topological polar surface area (TPSA) is 201 Å². The summed E-state index contributed by atoms with van der Waals surface area (Å²) in [5, 5.41) is 0. The van der Waals surface area contributed by atoms with Crippen molar-refractivity contribution in [2.24, 2.45) is 0 Å². The van der Waals surface area contributed by atoms with Crippen LogP contribution in [0, 0.1) is 0 Å². The molecule has 0 fully saturated rings. The third-order valence-electron chi connectivity index (χ3n) is 0. The number of hydrogen-bond donors (Lipinski definition) is 0. The van der Waals surface area contributed by atoms with Crippen molar-refractivity contribution in [2.75, 3.05) is 0 Å². The van der Waals surface area contributed by atoms with Crippen molar-refractivity contribution in [3.8, 4) is 0 Å². The Morgan fingerprint density at radius 2 is 0.429 bits per heavy atom. The van der Waals surface area contributed by atoms with E-state index in [1.807, 2.05) is 0 Å². The van der Waals surface area contributed by atoms with Gasteiger partial charge in [-0.2, -0.15) is 0 Å². The summed E-state index contributed by atoms with van der Waals surface area (Å²) in [4.78, 5) is 0. The van der Waals surface area contributed by atoms with Gasteiger partial charge in [-0.3, -0.25) is 0 Å². The van der Waals surface area contributed by atoms with Crippen LogP contribution in [0.15, 0.2) is 0 Å². The van der Waals surface area contributed by atoms with E-state index in [0.29, 0.717) is 0 Å². The Kier molecular flexibility index (Phi) is 58.1. The van der Waals surface area contributed by atoms with Crippen molar-refractivity contribution in [2.45, 2.75) is 0 Å². The molecule has 4 N–H and O–H groups in total. The zero-order valence-electron chi connectivity index (χ0n) is 8.83. The van der Waals surface area contributed by atoms with Crippen molar-refractivity contribution in [3.05, 3.63) is 0 Å². The first-order valence-corrected chi connectivity index (χ1v) is 6.21. The van der Waals surface area contributed by atoms with E-state index in [-0.39, 0.29) is 268 Å². The molecular formula is H4IK5O8. The Labute approximate surface area is 295 Å². The molecular weight excluding hydrogens is 450 g/mol. The Bertz CT molecular complexity index is 76.3.